The van der Waals surface area contributed by atoms with Gasteiger partial charge in [0.05, 0.1) is 10.6 Å². The summed E-state index contributed by atoms with van der Waals surface area (Å²) < 4.78 is 30.3. The Morgan fingerprint density at radius 3 is 2.14 bits per heavy atom. The maximum Gasteiger partial charge on any atom is 0.264 e. The molecule has 0 aliphatic carbocycles. The number of anilines is 1. The van der Waals surface area contributed by atoms with E-state index < -0.39 is 28.5 Å². The van der Waals surface area contributed by atoms with Crippen molar-refractivity contribution in [2.45, 2.75) is 51.6 Å². The van der Waals surface area contributed by atoms with Crippen LogP contribution in [0.25, 0.3) is 0 Å². The second-order valence-electron chi connectivity index (χ2n) is 10.8. The molecule has 7 nitrogen and oxygen atoms in total. The first-order chi connectivity index (χ1) is 21.0. The zero-order chi connectivity index (χ0) is 31.9. The molecule has 0 aromatic heterocycles. The van der Waals surface area contributed by atoms with Crippen LogP contribution in [0.2, 0.25) is 0 Å². The summed E-state index contributed by atoms with van der Waals surface area (Å²) >= 11 is 3.50. The summed E-state index contributed by atoms with van der Waals surface area (Å²) in [6.45, 7) is 7.57. The van der Waals surface area contributed by atoms with Crippen LogP contribution in [0.3, 0.4) is 0 Å². The quantitative estimate of drug-likeness (QED) is 0.190. The van der Waals surface area contributed by atoms with Gasteiger partial charge >= 0.3 is 0 Å². The van der Waals surface area contributed by atoms with Gasteiger partial charge in [-0.1, -0.05) is 82.2 Å². The minimum atomic E-state index is -4.15. The highest BCUT2D eigenvalue weighted by Gasteiger charge is 2.34. The predicted molar refractivity (Wildman–Crippen MR) is 179 cm³/mol. The Bertz CT molecular complexity index is 1710. The van der Waals surface area contributed by atoms with Gasteiger partial charge < -0.3 is 10.2 Å². The van der Waals surface area contributed by atoms with Crippen molar-refractivity contribution >= 4 is 43.5 Å². The average molecular weight is 677 g/mol. The van der Waals surface area contributed by atoms with E-state index in [0.717, 1.165) is 36.6 Å². The molecule has 4 aromatic carbocycles. The predicted octanol–water partition coefficient (Wildman–Crippen LogP) is 6.35. The number of hydrogen-bond donors (Lipinski definition) is 1. The number of nitrogens with one attached hydrogen (secondary N) is 1. The van der Waals surface area contributed by atoms with Crippen LogP contribution in [-0.2, 0) is 32.6 Å². The maximum absolute atomic E-state index is 14.5. The molecule has 0 radical (unpaired) electrons. The SMILES string of the molecule is CCNC(=O)C(Cc1ccccc1)N(Cc1cccc(Br)c1)C(=O)CN(c1ccc(C)c(C)c1)S(=O)(=O)c1ccc(C)cc1. The molecule has 1 N–H and O–H groups in total. The molecule has 0 fully saturated rings. The number of aryl methyl sites for hydroxylation is 3. The highest BCUT2D eigenvalue weighted by molar-refractivity contribution is 9.10. The van der Waals surface area contributed by atoms with Crippen LogP contribution in [0.5, 0.6) is 0 Å². The summed E-state index contributed by atoms with van der Waals surface area (Å²) in [5, 5.41) is 2.88. The lowest BCUT2D eigenvalue weighted by Gasteiger charge is -2.34. The van der Waals surface area contributed by atoms with E-state index in [4.69, 9.17) is 0 Å². The van der Waals surface area contributed by atoms with Gasteiger partial charge in [0, 0.05) is 24.0 Å². The smallest absolute Gasteiger partial charge is 0.264 e. The number of benzene rings is 4. The van der Waals surface area contributed by atoms with E-state index in [-0.39, 0.29) is 23.8 Å². The van der Waals surface area contributed by atoms with E-state index in [9.17, 15) is 18.0 Å². The van der Waals surface area contributed by atoms with Crippen LogP contribution < -0.4 is 9.62 Å². The Labute approximate surface area is 269 Å². The first kappa shape index (κ1) is 33.0. The highest BCUT2D eigenvalue weighted by Crippen LogP contribution is 2.27. The Kier molecular flexibility index (Phi) is 11.0. The van der Waals surface area contributed by atoms with Gasteiger partial charge in [-0.05, 0) is 86.3 Å². The highest BCUT2D eigenvalue weighted by atomic mass is 79.9. The van der Waals surface area contributed by atoms with Gasteiger partial charge in [0.15, 0.2) is 0 Å². The van der Waals surface area contributed by atoms with Crippen molar-refractivity contribution in [3.05, 3.63) is 129 Å². The number of rotatable bonds is 12. The molecule has 0 spiro atoms. The van der Waals surface area contributed by atoms with Gasteiger partial charge in [0.2, 0.25) is 11.8 Å². The molecule has 44 heavy (non-hydrogen) atoms. The third-order valence-corrected chi connectivity index (χ3v) is 9.81. The zero-order valence-electron chi connectivity index (χ0n) is 25.5. The third kappa shape index (κ3) is 8.15. The fourth-order valence-electron chi connectivity index (χ4n) is 4.92. The summed E-state index contributed by atoms with van der Waals surface area (Å²) in [6, 6.07) is 28.0. The number of hydrogen-bond acceptors (Lipinski definition) is 4. The van der Waals surface area contributed by atoms with Crippen LogP contribution in [0.15, 0.2) is 106 Å². The summed E-state index contributed by atoms with van der Waals surface area (Å²) in [5.41, 5.74) is 4.88. The van der Waals surface area contributed by atoms with Crippen molar-refractivity contribution < 1.29 is 18.0 Å². The van der Waals surface area contributed by atoms with Crippen LogP contribution in [0.1, 0.15) is 34.7 Å². The van der Waals surface area contributed by atoms with Gasteiger partial charge in [0.25, 0.3) is 10.0 Å². The molecular formula is C35H38BrN3O4S. The van der Waals surface area contributed by atoms with Crippen molar-refractivity contribution in [2.75, 3.05) is 17.4 Å². The fraction of sp³-hybridized carbons (Fsp3) is 0.257. The second-order valence-corrected chi connectivity index (χ2v) is 13.6. The second kappa shape index (κ2) is 14.7. The lowest BCUT2D eigenvalue weighted by molar-refractivity contribution is -0.140. The third-order valence-electron chi connectivity index (χ3n) is 7.53. The van der Waals surface area contributed by atoms with Gasteiger partial charge in [-0.2, -0.15) is 0 Å². The number of likely N-dealkylation sites (N-methyl/N-ethyl adjacent to an activating group) is 1. The fourth-order valence-corrected chi connectivity index (χ4v) is 6.78. The average Bonchev–Trinajstić information content (AvgIpc) is 3.00. The first-order valence-corrected chi connectivity index (χ1v) is 16.7. The van der Waals surface area contributed by atoms with Crippen LogP contribution in [0.4, 0.5) is 5.69 Å². The normalized spacial score (nSPS) is 11.9. The summed E-state index contributed by atoms with van der Waals surface area (Å²) in [6.07, 6.45) is 0.265. The van der Waals surface area contributed by atoms with Crippen molar-refractivity contribution in [1.29, 1.82) is 0 Å². The Balaban J connectivity index is 1.81. The van der Waals surface area contributed by atoms with E-state index in [1.807, 2.05) is 88.4 Å². The molecule has 4 rings (SSSR count). The van der Waals surface area contributed by atoms with Crippen molar-refractivity contribution in [3.8, 4) is 0 Å². The molecule has 0 aliphatic heterocycles. The molecule has 1 unspecified atom stereocenters. The Morgan fingerprint density at radius 2 is 1.50 bits per heavy atom. The van der Waals surface area contributed by atoms with Crippen LogP contribution >= 0.6 is 15.9 Å². The Morgan fingerprint density at radius 1 is 0.818 bits per heavy atom. The van der Waals surface area contributed by atoms with Crippen LogP contribution in [0, 0.1) is 20.8 Å². The van der Waals surface area contributed by atoms with Gasteiger partial charge in [-0.15, -0.1) is 0 Å². The number of carbonyl (C=O) groups is 2. The number of carbonyl (C=O) groups excluding carboxylic acids is 2. The lowest BCUT2D eigenvalue weighted by atomic mass is 10.0. The minimum absolute atomic E-state index is 0.0808. The van der Waals surface area contributed by atoms with E-state index in [1.165, 1.54) is 4.90 Å². The van der Waals surface area contributed by atoms with Crippen molar-refractivity contribution in [2.24, 2.45) is 0 Å². The van der Waals surface area contributed by atoms with Gasteiger partial charge in [-0.3, -0.25) is 13.9 Å². The number of amides is 2. The molecule has 230 valence electrons. The first-order valence-electron chi connectivity index (χ1n) is 14.5. The van der Waals surface area contributed by atoms with Gasteiger partial charge in [-0.25, -0.2) is 8.42 Å². The van der Waals surface area contributed by atoms with Gasteiger partial charge in [0.1, 0.15) is 12.6 Å². The molecule has 4 aromatic rings. The summed E-state index contributed by atoms with van der Waals surface area (Å²) in [7, 11) is -4.15. The lowest BCUT2D eigenvalue weighted by Crippen LogP contribution is -2.53. The monoisotopic (exact) mass is 675 g/mol. The maximum atomic E-state index is 14.5. The summed E-state index contributed by atoms with van der Waals surface area (Å²) in [4.78, 5) is 29.6. The topological polar surface area (TPSA) is 86.8 Å². The molecular weight excluding hydrogens is 638 g/mol. The van der Waals surface area contributed by atoms with Crippen molar-refractivity contribution in [1.82, 2.24) is 10.2 Å². The zero-order valence-corrected chi connectivity index (χ0v) is 27.9. The number of nitrogens with zero attached hydrogens (tertiary/aromatic N) is 2. The number of sulfonamides is 1. The van der Waals surface area contributed by atoms with Crippen LogP contribution in [-0.4, -0.2) is 44.3 Å². The summed E-state index contributed by atoms with van der Waals surface area (Å²) in [5.74, 6) is -0.801. The van der Waals surface area contributed by atoms with Crippen molar-refractivity contribution in [3.63, 3.8) is 0 Å². The molecule has 0 saturated heterocycles. The molecule has 0 aliphatic rings. The minimum Gasteiger partial charge on any atom is -0.355 e. The van der Waals surface area contributed by atoms with E-state index >= 15 is 0 Å². The largest absolute Gasteiger partial charge is 0.355 e. The standard InChI is InChI=1S/C35H38BrN3O4S/c1-5-37-35(41)33(22-28-10-7-6-8-11-28)38(23-29-12-9-13-30(36)21-29)34(40)24-39(31-17-16-26(3)27(4)20-31)44(42,43)32-18-14-25(2)15-19-32/h6-21,33H,5,22-24H2,1-4H3,(H,37,41). The van der Waals surface area contributed by atoms with E-state index in [2.05, 4.69) is 21.2 Å². The van der Waals surface area contributed by atoms with E-state index in [1.54, 1.807) is 36.4 Å². The number of halogens is 1. The molecule has 9 heteroatoms. The molecule has 2 amide bonds. The molecule has 0 heterocycles. The molecule has 0 bridgehead atoms. The molecule has 0 saturated carbocycles. The van der Waals surface area contributed by atoms with E-state index in [0.29, 0.717) is 12.2 Å². The Hall–Kier alpha value is -3.95. The molecule has 1 atom stereocenters.